The van der Waals surface area contributed by atoms with Gasteiger partial charge in [-0.2, -0.15) is 13.2 Å². The molecule has 0 saturated heterocycles. The van der Waals surface area contributed by atoms with E-state index in [-0.39, 0.29) is 16.7 Å². The molecule has 0 aliphatic rings. The number of carbonyl (C=O) groups is 1. The van der Waals surface area contributed by atoms with Gasteiger partial charge < -0.3 is 15.8 Å². The fourth-order valence-corrected chi connectivity index (χ4v) is 1.68. The molecule has 0 unspecified atom stereocenters. The van der Waals surface area contributed by atoms with E-state index in [9.17, 15) is 18.0 Å². The lowest BCUT2D eigenvalue weighted by Crippen LogP contribution is -2.19. The van der Waals surface area contributed by atoms with E-state index in [1.807, 2.05) is 0 Å². The first-order valence-corrected chi connectivity index (χ1v) is 6.20. The number of nitrogens with one attached hydrogen (secondary N) is 1. The molecule has 9 heteroatoms. The van der Waals surface area contributed by atoms with Gasteiger partial charge in [0.1, 0.15) is 5.75 Å². The summed E-state index contributed by atoms with van der Waals surface area (Å²) in [6.45, 7) is 0. The van der Waals surface area contributed by atoms with Crippen LogP contribution in [-0.4, -0.2) is 11.0 Å². The molecule has 2 amide bonds. The number of nitrogens with two attached hydrogens (primary N) is 1. The molecule has 1 aromatic heterocycles. The molecule has 5 nitrogen and oxygen atoms in total. The van der Waals surface area contributed by atoms with Crippen molar-refractivity contribution in [3.05, 3.63) is 47.1 Å². The molecule has 116 valence electrons. The second-order valence-corrected chi connectivity index (χ2v) is 4.53. The summed E-state index contributed by atoms with van der Waals surface area (Å²) in [5.74, 6) is 0.0336. The number of hydrogen-bond donors (Lipinski definition) is 2. The number of alkyl halides is 3. The third-order valence-corrected chi connectivity index (χ3v) is 2.79. The minimum Gasteiger partial charge on any atom is -0.437 e. The molecule has 1 heterocycles. The van der Waals surface area contributed by atoms with Gasteiger partial charge in [-0.25, -0.2) is 9.78 Å². The number of amides is 2. The zero-order valence-electron chi connectivity index (χ0n) is 10.8. The Labute approximate surface area is 127 Å². The van der Waals surface area contributed by atoms with Crippen LogP contribution < -0.4 is 15.8 Å². The van der Waals surface area contributed by atoms with Crippen molar-refractivity contribution in [2.45, 2.75) is 6.18 Å². The van der Waals surface area contributed by atoms with E-state index in [0.29, 0.717) is 11.9 Å². The SMILES string of the molecule is NC(=O)Nc1ccc(Cl)c(Oc2ccc(C(F)(F)F)cn2)c1. The number of nitrogens with zero attached hydrogens (tertiary/aromatic N) is 1. The number of aromatic nitrogens is 1. The quantitative estimate of drug-likeness (QED) is 0.891. The number of hydrogen-bond acceptors (Lipinski definition) is 3. The average Bonchev–Trinajstić information content (AvgIpc) is 2.41. The van der Waals surface area contributed by atoms with Crippen LogP contribution in [-0.2, 0) is 6.18 Å². The van der Waals surface area contributed by atoms with E-state index >= 15 is 0 Å². The molecular weight excluding hydrogens is 323 g/mol. The first-order chi connectivity index (χ1) is 10.3. The van der Waals surface area contributed by atoms with Crippen molar-refractivity contribution >= 4 is 23.3 Å². The third-order valence-electron chi connectivity index (χ3n) is 2.48. The predicted molar refractivity (Wildman–Crippen MR) is 74.0 cm³/mol. The maximum atomic E-state index is 12.4. The summed E-state index contributed by atoms with van der Waals surface area (Å²) in [7, 11) is 0. The van der Waals surface area contributed by atoms with E-state index < -0.39 is 17.8 Å². The Balaban J connectivity index is 2.21. The highest BCUT2D eigenvalue weighted by molar-refractivity contribution is 6.32. The van der Waals surface area contributed by atoms with Crippen LogP contribution in [0.15, 0.2) is 36.5 Å². The van der Waals surface area contributed by atoms with Crippen molar-refractivity contribution in [3.8, 4) is 11.6 Å². The molecule has 0 aliphatic heterocycles. The van der Waals surface area contributed by atoms with Crippen molar-refractivity contribution < 1.29 is 22.7 Å². The number of pyridine rings is 1. The Morgan fingerprint density at radius 3 is 2.55 bits per heavy atom. The number of urea groups is 1. The number of halogens is 4. The van der Waals surface area contributed by atoms with Crippen LogP contribution in [0, 0.1) is 0 Å². The van der Waals surface area contributed by atoms with Crippen LogP contribution in [0.3, 0.4) is 0 Å². The van der Waals surface area contributed by atoms with Gasteiger partial charge >= 0.3 is 12.2 Å². The highest BCUT2D eigenvalue weighted by Crippen LogP contribution is 2.33. The Bertz CT molecular complexity index is 690. The number of benzene rings is 1. The third kappa shape index (κ3) is 4.01. The Hall–Kier alpha value is -2.48. The highest BCUT2D eigenvalue weighted by Gasteiger charge is 2.30. The van der Waals surface area contributed by atoms with Gasteiger partial charge in [0.2, 0.25) is 5.88 Å². The molecule has 0 atom stereocenters. The molecule has 0 radical (unpaired) electrons. The average molecular weight is 332 g/mol. The summed E-state index contributed by atoms with van der Waals surface area (Å²) in [5, 5.41) is 2.51. The van der Waals surface area contributed by atoms with Crippen LogP contribution in [0.4, 0.5) is 23.7 Å². The van der Waals surface area contributed by atoms with Gasteiger partial charge in [0.25, 0.3) is 0 Å². The fourth-order valence-electron chi connectivity index (χ4n) is 1.52. The molecule has 2 aromatic rings. The molecule has 1 aromatic carbocycles. The second kappa shape index (κ2) is 6.10. The van der Waals surface area contributed by atoms with Crippen molar-refractivity contribution in [2.24, 2.45) is 5.73 Å². The molecule has 2 rings (SSSR count). The lowest BCUT2D eigenvalue weighted by atomic mass is 10.3. The molecule has 0 aliphatic carbocycles. The summed E-state index contributed by atoms with van der Waals surface area (Å²) in [6.07, 6.45) is -3.83. The smallest absolute Gasteiger partial charge is 0.417 e. The highest BCUT2D eigenvalue weighted by atomic mass is 35.5. The zero-order chi connectivity index (χ0) is 16.3. The first-order valence-electron chi connectivity index (χ1n) is 5.83. The number of anilines is 1. The summed E-state index contributed by atoms with van der Waals surface area (Å²) < 4.78 is 42.6. The monoisotopic (exact) mass is 331 g/mol. The molecule has 3 N–H and O–H groups in total. The predicted octanol–water partition coefficient (Wildman–Crippen LogP) is 4.04. The number of ether oxygens (including phenoxy) is 1. The minimum absolute atomic E-state index is 0.0777. The maximum Gasteiger partial charge on any atom is 0.417 e. The van der Waals surface area contributed by atoms with Gasteiger partial charge in [0.05, 0.1) is 10.6 Å². The number of rotatable bonds is 3. The zero-order valence-corrected chi connectivity index (χ0v) is 11.6. The normalized spacial score (nSPS) is 11.1. The van der Waals surface area contributed by atoms with Gasteiger partial charge in [-0.15, -0.1) is 0 Å². The minimum atomic E-state index is -4.48. The van der Waals surface area contributed by atoms with Gasteiger partial charge in [-0.1, -0.05) is 11.6 Å². The van der Waals surface area contributed by atoms with Crippen molar-refractivity contribution in [1.82, 2.24) is 4.98 Å². The van der Waals surface area contributed by atoms with Gasteiger partial charge in [0, 0.05) is 24.0 Å². The van der Waals surface area contributed by atoms with Crippen LogP contribution >= 0.6 is 11.6 Å². The summed E-state index contributed by atoms with van der Waals surface area (Å²) in [4.78, 5) is 14.3. The molecule has 0 saturated carbocycles. The Morgan fingerprint density at radius 2 is 2.00 bits per heavy atom. The van der Waals surface area contributed by atoms with E-state index in [0.717, 1.165) is 12.1 Å². The van der Waals surface area contributed by atoms with Crippen LogP contribution in [0.25, 0.3) is 0 Å². The Morgan fingerprint density at radius 1 is 1.27 bits per heavy atom. The topological polar surface area (TPSA) is 77.2 Å². The largest absolute Gasteiger partial charge is 0.437 e. The first kappa shape index (κ1) is 15.9. The van der Waals surface area contributed by atoms with Crippen molar-refractivity contribution in [1.29, 1.82) is 0 Å². The Kier molecular flexibility index (Phi) is 4.41. The summed E-state index contributed by atoms with van der Waals surface area (Å²) in [6, 6.07) is 5.41. The van der Waals surface area contributed by atoms with Crippen LogP contribution in [0.2, 0.25) is 5.02 Å². The maximum absolute atomic E-state index is 12.4. The van der Waals surface area contributed by atoms with E-state index in [1.165, 1.54) is 18.2 Å². The van der Waals surface area contributed by atoms with Gasteiger partial charge in [-0.3, -0.25) is 0 Å². The molecule has 0 fully saturated rings. The fraction of sp³-hybridized carbons (Fsp3) is 0.0769. The van der Waals surface area contributed by atoms with Gasteiger partial charge in [-0.05, 0) is 18.2 Å². The summed E-state index contributed by atoms with van der Waals surface area (Å²) in [5.41, 5.74) is 4.40. The molecule has 0 bridgehead atoms. The second-order valence-electron chi connectivity index (χ2n) is 4.12. The lowest BCUT2D eigenvalue weighted by molar-refractivity contribution is -0.137. The van der Waals surface area contributed by atoms with Gasteiger partial charge in [0.15, 0.2) is 0 Å². The van der Waals surface area contributed by atoms with Crippen LogP contribution in [0.1, 0.15) is 5.56 Å². The standard InChI is InChI=1S/C13H9ClF3N3O2/c14-9-3-2-8(20-12(18)21)5-10(9)22-11-4-1-7(6-19-11)13(15,16)17/h1-6H,(H3,18,20,21). The molecule has 0 spiro atoms. The summed E-state index contributed by atoms with van der Waals surface area (Å²) >= 11 is 5.91. The molecular formula is C13H9ClF3N3O2. The van der Waals surface area contributed by atoms with Crippen molar-refractivity contribution in [3.63, 3.8) is 0 Å². The van der Waals surface area contributed by atoms with E-state index in [1.54, 1.807) is 0 Å². The number of primary amides is 1. The van der Waals surface area contributed by atoms with E-state index in [4.69, 9.17) is 22.1 Å². The number of carbonyl (C=O) groups excluding carboxylic acids is 1. The molecule has 22 heavy (non-hydrogen) atoms. The van der Waals surface area contributed by atoms with Crippen LogP contribution in [0.5, 0.6) is 11.6 Å². The van der Waals surface area contributed by atoms with E-state index in [2.05, 4.69) is 10.3 Å². The lowest BCUT2D eigenvalue weighted by Gasteiger charge is -2.10. The van der Waals surface area contributed by atoms with Crippen molar-refractivity contribution in [2.75, 3.05) is 5.32 Å².